The van der Waals surface area contributed by atoms with Crippen LogP contribution in [0.5, 0.6) is 0 Å². The van der Waals surface area contributed by atoms with Gasteiger partial charge in [-0.2, -0.15) is 0 Å². The van der Waals surface area contributed by atoms with Crippen LogP contribution in [0.4, 0.5) is 0 Å². The summed E-state index contributed by atoms with van der Waals surface area (Å²) in [6.07, 6.45) is 8.27. The Bertz CT molecular complexity index is 432. The number of rotatable bonds is 5. The molecule has 1 heterocycles. The number of nitrogens with one attached hydrogen (secondary N) is 1. The molecule has 0 unspecified atom stereocenters. The second-order valence-electron chi connectivity index (χ2n) is 7.16. The first-order valence-electron chi connectivity index (χ1n) is 8.42. The molecule has 0 spiro atoms. The van der Waals surface area contributed by atoms with Crippen LogP contribution in [0.3, 0.4) is 0 Å². The third kappa shape index (κ3) is 2.81. The number of carbonyl (C=O) groups is 2. The molecule has 2 amide bonds. The molecular formula is C16H24N2O2S. The first-order valence-corrected chi connectivity index (χ1v) is 9.58. The summed E-state index contributed by atoms with van der Waals surface area (Å²) in [5.41, 5.74) is 0. The van der Waals surface area contributed by atoms with Crippen LogP contribution < -0.4 is 5.32 Å². The van der Waals surface area contributed by atoms with Gasteiger partial charge in [-0.25, -0.2) is 0 Å². The van der Waals surface area contributed by atoms with E-state index in [1.807, 2.05) is 4.90 Å². The lowest BCUT2D eigenvalue weighted by Crippen LogP contribution is -2.52. The number of nitrogens with zero attached hydrogens (tertiary/aromatic N) is 1. The van der Waals surface area contributed by atoms with Crippen LogP contribution >= 0.6 is 11.8 Å². The molecule has 3 saturated carbocycles. The average molecular weight is 308 g/mol. The average Bonchev–Trinajstić information content (AvgIpc) is 3.32. The smallest absolute Gasteiger partial charge is 0.243 e. The standard InChI is InChI=1S/C16H24N2O2S/c19-15(17-14(10-4-5-10)11-6-7-11)13-8-21-9-18(13)16(20)12-2-1-3-12/h10-14H,1-9H2,(H,17,19)/t13-/m0/s1. The minimum atomic E-state index is -0.219. The molecule has 5 heteroatoms. The first-order chi connectivity index (χ1) is 10.2. The second kappa shape index (κ2) is 5.49. The van der Waals surface area contributed by atoms with Crippen molar-refractivity contribution in [2.75, 3.05) is 11.6 Å². The van der Waals surface area contributed by atoms with Crippen LogP contribution in [0.1, 0.15) is 44.9 Å². The van der Waals surface area contributed by atoms with Gasteiger partial charge in [0.15, 0.2) is 0 Å². The van der Waals surface area contributed by atoms with Gasteiger partial charge in [0, 0.05) is 17.7 Å². The van der Waals surface area contributed by atoms with Crippen LogP contribution in [-0.2, 0) is 9.59 Å². The maximum Gasteiger partial charge on any atom is 0.243 e. The van der Waals surface area contributed by atoms with Gasteiger partial charge in [-0.15, -0.1) is 11.8 Å². The first kappa shape index (κ1) is 13.9. The van der Waals surface area contributed by atoms with Crippen LogP contribution in [-0.4, -0.2) is 40.4 Å². The Morgan fingerprint density at radius 3 is 2.24 bits per heavy atom. The molecule has 21 heavy (non-hydrogen) atoms. The molecule has 4 nitrogen and oxygen atoms in total. The summed E-state index contributed by atoms with van der Waals surface area (Å²) < 4.78 is 0. The van der Waals surface area contributed by atoms with Gasteiger partial charge in [-0.1, -0.05) is 6.42 Å². The topological polar surface area (TPSA) is 49.4 Å². The van der Waals surface area contributed by atoms with Crippen molar-refractivity contribution in [2.24, 2.45) is 17.8 Å². The summed E-state index contributed by atoms with van der Waals surface area (Å²) >= 11 is 1.72. The van der Waals surface area contributed by atoms with Crippen molar-refractivity contribution < 1.29 is 9.59 Å². The second-order valence-corrected chi connectivity index (χ2v) is 8.16. The summed E-state index contributed by atoms with van der Waals surface area (Å²) in [5.74, 6) is 3.42. The molecule has 0 aromatic rings. The number of hydrogen-bond acceptors (Lipinski definition) is 3. The van der Waals surface area contributed by atoms with E-state index in [2.05, 4.69) is 5.32 Å². The SMILES string of the molecule is O=C(NC(C1CC1)C1CC1)[C@@H]1CSCN1C(=O)C1CCC1. The lowest BCUT2D eigenvalue weighted by atomic mass is 9.84. The van der Waals surface area contributed by atoms with Crippen molar-refractivity contribution in [2.45, 2.75) is 57.0 Å². The van der Waals surface area contributed by atoms with E-state index in [-0.39, 0.29) is 23.8 Å². The molecule has 0 aromatic heterocycles. The fourth-order valence-corrected chi connectivity index (χ4v) is 4.72. The largest absolute Gasteiger partial charge is 0.351 e. The molecule has 116 valence electrons. The lowest BCUT2D eigenvalue weighted by Gasteiger charge is -2.32. The zero-order valence-corrected chi connectivity index (χ0v) is 13.2. The van der Waals surface area contributed by atoms with E-state index in [4.69, 9.17) is 0 Å². The molecule has 1 N–H and O–H groups in total. The van der Waals surface area contributed by atoms with Crippen molar-refractivity contribution in [3.8, 4) is 0 Å². The minimum Gasteiger partial charge on any atom is -0.351 e. The van der Waals surface area contributed by atoms with E-state index in [1.54, 1.807) is 11.8 Å². The molecule has 3 aliphatic carbocycles. The normalized spacial score (nSPS) is 29.6. The highest BCUT2D eigenvalue weighted by molar-refractivity contribution is 7.99. The predicted octanol–water partition coefficient (Wildman–Crippen LogP) is 1.99. The highest BCUT2D eigenvalue weighted by Gasteiger charge is 2.45. The van der Waals surface area contributed by atoms with Crippen LogP contribution in [0.2, 0.25) is 0 Å². The highest BCUT2D eigenvalue weighted by atomic mass is 32.2. The third-order valence-corrected chi connectivity index (χ3v) is 6.50. The van der Waals surface area contributed by atoms with Crippen LogP contribution in [0.25, 0.3) is 0 Å². The molecule has 4 aliphatic rings. The fraction of sp³-hybridized carbons (Fsp3) is 0.875. The lowest BCUT2D eigenvalue weighted by molar-refractivity contribution is -0.143. The zero-order chi connectivity index (χ0) is 14.4. The molecule has 1 atom stereocenters. The molecule has 4 fully saturated rings. The van der Waals surface area contributed by atoms with Gasteiger partial charge in [0.1, 0.15) is 6.04 Å². The third-order valence-electron chi connectivity index (χ3n) is 5.49. The van der Waals surface area contributed by atoms with E-state index in [0.717, 1.165) is 18.6 Å². The number of hydrogen-bond donors (Lipinski definition) is 1. The molecule has 1 saturated heterocycles. The van der Waals surface area contributed by atoms with Crippen molar-refractivity contribution in [1.82, 2.24) is 10.2 Å². The van der Waals surface area contributed by atoms with Crippen LogP contribution in [0.15, 0.2) is 0 Å². The van der Waals surface area contributed by atoms with Crippen LogP contribution in [0, 0.1) is 17.8 Å². The molecular weight excluding hydrogens is 284 g/mol. The van der Waals surface area contributed by atoms with Gasteiger partial charge >= 0.3 is 0 Å². The maximum absolute atomic E-state index is 12.6. The van der Waals surface area contributed by atoms with Gasteiger partial charge in [0.25, 0.3) is 0 Å². The van der Waals surface area contributed by atoms with E-state index in [1.165, 1.54) is 32.1 Å². The Morgan fingerprint density at radius 2 is 1.71 bits per heavy atom. The molecule has 0 radical (unpaired) electrons. The maximum atomic E-state index is 12.6. The fourth-order valence-electron chi connectivity index (χ4n) is 3.56. The van der Waals surface area contributed by atoms with E-state index in [0.29, 0.717) is 23.8 Å². The Balaban J connectivity index is 1.38. The Labute approximate surface area is 130 Å². The molecule has 0 bridgehead atoms. The van der Waals surface area contributed by atoms with Gasteiger partial charge < -0.3 is 10.2 Å². The van der Waals surface area contributed by atoms with Crippen molar-refractivity contribution >= 4 is 23.6 Å². The molecule has 4 rings (SSSR count). The van der Waals surface area contributed by atoms with Gasteiger partial charge in [0.05, 0.1) is 5.88 Å². The highest BCUT2D eigenvalue weighted by Crippen LogP contribution is 2.44. The minimum absolute atomic E-state index is 0.108. The van der Waals surface area contributed by atoms with E-state index >= 15 is 0 Å². The summed E-state index contributed by atoms with van der Waals surface area (Å²) in [6, 6.07) is 0.173. The Hall–Kier alpha value is -0.710. The van der Waals surface area contributed by atoms with Crippen molar-refractivity contribution in [3.63, 3.8) is 0 Å². The summed E-state index contributed by atoms with van der Waals surface area (Å²) in [4.78, 5) is 26.9. The number of amides is 2. The van der Waals surface area contributed by atoms with Crippen molar-refractivity contribution in [1.29, 1.82) is 0 Å². The number of thioether (sulfide) groups is 1. The van der Waals surface area contributed by atoms with Gasteiger partial charge in [-0.3, -0.25) is 9.59 Å². The molecule has 1 aliphatic heterocycles. The van der Waals surface area contributed by atoms with E-state index in [9.17, 15) is 9.59 Å². The van der Waals surface area contributed by atoms with E-state index < -0.39 is 0 Å². The zero-order valence-electron chi connectivity index (χ0n) is 12.4. The van der Waals surface area contributed by atoms with Gasteiger partial charge in [-0.05, 0) is 50.4 Å². The summed E-state index contributed by atoms with van der Waals surface area (Å²) in [5, 5.41) is 3.30. The quantitative estimate of drug-likeness (QED) is 0.845. The Kier molecular flexibility index (Phi) is 3.64. The number of carbonyl (C=O) groups excluding carboxylic acids is 2. The summed E-state index contributed by atoms with van der Waals surface area (Å²) in [7, 11) is 0. The summed E-state index contributed by atoms with van der Waals surface area (Å²) in [6.45, 7) is 0. The van der Waals surface area contributed by atoms with Crippen molar-refractivity contribution in [3.05, 3.63) is 0 Å². The van der Waals surface area contributed by atoms with Gasteiger partial charge in [0.2, 0.25) is 11.8 Å². The monoisotopic (exact) mass is 308 g/mol. The molecule has 0 aromatic carbocycles. The Morgan fingerprint density at radius 1 is 1.05 bits per heavy atom. The predicted molar refractivity (Wildman–Crippen MR) is 82.7 cm³/mol.